The Morgan fingerprint density at radius 1 is 1.31 bits per heavy atom. The van der Waals surface area contributed by atoms with Crippen molar-refractivity contribution in [2.24, 2.45) is 0 Å². The minimum Gasteiger partial charge on any atom is -0.487 e. The molecule has 1 aliphatic rings. The first kappa shape index (κ1) is 22.2. The third-order valence-corrected chi connectivity index (χ3v) is 4.11. The summed E-state index contributed by atoms with van der Waals surface area (Å²) < 4.78 is 5.73. The maximum Gasteiger partial charge on any atom is 0.251 e. The van der Waals surface area contributed by atoms with E-state index >= 15 is 0 Å². The maximum absolute atomic E-state index is 12.4. The van der Waals surface area contributed by atoms with Gasteiger partial charge in [-0.3, -0.25) is 9.78 Å². The van der Waals surface area contributed by atoms with E-state index in [1.807, 2.05) is 43.3 Å². The van der Waals surface area contributed by atoms with Gasteiger partial charge < -0.3 is 15.4 Å². The van der Waals surface area contributed by atoms with Gasteiger partial charge in [0.1, 0.15) is 12.4 Å². The molecule has 2 heterocycles. The summed E-state index contributed by atoms with van der Waals surface area (Å²) >= 11 is 0. The van der Waals surface area contributed by atoms with Gasteiger partial charge in [0.15, 0.2) is 0 Å². The molecule has 0 saturated carbocycles. The largest absolute Gasteiger partial charge is 0.487 e. The molecule has 1 saturated heterocycles. The molecule has 5 nitrogen and oxygen atoms in total. The Morgan fingerprint density at radius 3 is 2.85 bits per heavy atom. The molecule has 26 heavy (non-hydrogen) atoms. The summed E-state index contributed by atoms with van der Waals surface area (Å²) in [6, 6.07) is 11.6. The lowest BCUT2D eigenvalue weighted by molar-refractivity contribution is 0.0930. The van der Waals surface area contributed by atoms with Crippen molar-refractivity contribution in [2.45, 2.75) is 32.4 Å². The number of carbonyl (C=O) groups excluding carboxylic acids is 1. The zero-order chi connectivity index (χ0) is 16.8. The number of carbonyl (C=O) groups is 1. The van der Waals surface area contributed by atoms with Gasteiger partial charge in [0.05, 0.1) is 6.20 Å². The van der Waals surface area contributed by atoms with Gasteiger partial charge in [0, 0.05) is 23.8 Å². The number of halogens is 2. The Kier molecular flexibility index (Phi) is 9.41. The first-order chi connectivity index (χ1) is 11.7. The van der Waals surface area contributed by atoms with Crippen LogP contribution in [0.4, 0.5) is 0 Å². The molecule has 1 unspecified atom stereocenters. The monoisotopic (exact) mass is 397 g/mol. The molecular weight excluding hydrogens is 373 g/mol. The third-order valence-electron chi connectivity index (χ3n) is 4.11. The highest BCUT2D eigenvalue weighted by atomic mass is 35.5. The smallest absolute Gasteiger partial charge is 0.251 e. The van der Waals surface area contributed by atoms with Crippen LogP contribution in [0.15, 0.2) is 42.6 Å². The number of pyridine rings is 1. The second kappa shape index (κ2) is 11.0. The lowest BCUT2D eigenvalue weighted by atomic mass is 10.1. The van der Waals surface area contributed by atoms with Crippen molar-refractivity contribution in [2.75, 3.05) is 13.1 Å². The number of aryl methyl sites for hydroxylation is 1. The van der Waals surface area contributed by atoms with E-state index in [1.165, 1.54) is 0 Å². The van der Waals surface area contributed by atoms with Crippen molar-refractivity contribution in [3.63, 3.8) is 0 Å². The lowest BCUT2D eigenvalue weighted by Crippen LogP contribution is -2.45. The zero-order valence-electron chi connectivity index (χ0n) is 14.7. The van der Waals surface area contributed by atoms with Gasteiger partial charge in [0.2, 0.25) is 0 Å². The van der Waals surface area contributed by atoms with Gasteiger partial charge in [0.25, 0.3) is 5.91 Å². The number of hydrogen-bond donors (Lipinski definition) is 2. The van der Waals surface area contributed by atoms with Crippen LogP contribution in [-0.4, -0.2) is 30.0 Å². The molecule has 0 aliphatic carbocycles. The highest BCUT2D eigenvalue weighted by Gasteiger charge is 2.16. The van der Waals surface area contributed by atoms with Crippen molar-refractivity contribution in [3.05, 3.63) is 59.4 Å². The molecule has 2 aromatic rings. The van der Waals surface area contributed by atoms with Crippen LogP contribution >= 0.6 is 24.8 Å². The van der Waals surface area contributed by atoms with Crippen molar-refractivity contribution in [1.29, 1.82) is 0 Å². The number of piperidine rings is 1. The Bertz CT molecular complexity index is 689. The molecule has 1 atom stereocenters. The molecule has 1 amide bonds. The summed E-state index contributed by atoms with van der Waals surface area (Å²) in [7, 11) is 0. The van der Waals surface area contributed by atoms with E-state index in [2.05, 4.69) is 15.6 Å². The summed E-state index contributed by atoms with van der Waals surface area (Å²) in [6.45, 7) is 4.23. The summed E-state index contributed by atoms with van der Waals surface area (Å²) in [5.74, 6) is 0.700. The molecule has 2 N–H and O–H groups in total. The Balaban J connectivity index is 0.00000169. The topological polar surface area (TPSA) is 63.2 Å². The van der Waals surface area contributed by atoms with Gasteiger partial charge in [-0.25, -0.2) is 0 Å². The molecule has 0 bridgehead atoms. The number of benzene rings is 1. The summed E-state index contributed by atoms with van der Waals surface area (Å²) in [5, 5.41) is 6.39. The average Bonchev–Trinajstić information content (AvgIpc) is 2.62. The van der Waals surface area contributed by atoms with Gasteiger partial charge in [-0.05, 0) is 56.1 Å². The Morgan fingerprint density at radius 2 is 2.15 bits per heavy atom. The predicted molar refractivity (Wildman–Crippen MR) is 108 cm³/mol. The van der Waals surface area contributed by atoms with E-state index in [9.17, 15) is 4.79 Å². The molecule has 0 spiro atoms. The molecule has 1 aromatic carbocycles. The standard InChI is InChI=1S/C19H23N3O2.2ClH/c1-14-7-8-18(12-21-14)24-13-15-4-2-5-16(10-15)19(23)22-17-6-3-9-20-11-17;;/h2,4-5,7-8,10,12,17,20H,3,6,9,11,13H2,1H3,(H,22,23);2*1H. The molecule has 1 aromatic heterocycles. The van der Waals surface area contributed by atoms with E-state index in [4.69, 9.17) is 4.74 Å². The van der Waals surface area contributed by atoms with Crippen molar-refractivity contribution < 1.29 is 9.53 Å². The van der Waals surface area contributed by atoms with Crippen molar-refractivity contribution in [1.82, 2.24) is 15.6 Å². The van der Waals surface area contributed by atoms with Crippen LogP contribution in [0.25, 0.3) is 0 Å². The van der Waals surface area contributed by atoms with Gasteiger partial charge >= 0.3 is 0 Å². The number of ether oxygens (including phenoxy) is 1. The van der Waals surface area contributed by atoms with Crippen LogP contribution < -0.4 is 15.4 Å². The van der Waals surface area contributed by atoms with Gasteiger partial charge in [-0.2, -0.15) is 0 Å². The number of nitrogens with one attached hydrogen (secondary N) is 2. The fourth-order valence-corrected chi connectivity index (χ4v) is 2.75. The number of nitrogens with zero attached hydrogens (tertiary/aromatic N) is 1. The van der Waals surface area contributed by atoms with Crippen LogP contribution in [0.3, 0.4) is 0 Å². The van der Waals surface area contributed by atoms with Crippen LogP contribution in [0.2, 0.25) is 0 Å². The molecule has 1 fully saturated rings. The van der Waals surface area contributed by atoms with Crippen molar-refractivity contribution >= 4 is 30.7 Å². The highest BCUT2D eigenvalue weighted by molar-refractivity contribution is 5.94. The van der Waals surface area contributed by atoms with E-state index in [-0.39, 0.29) is 36.8 Å². The van der Waals surface area contributed by atoms with Crippen molar-refractivity contribution in [3.8, 4) is 5.75 Å². The second-order valence-corrected chi connectivity index (χ2v) is 6.14. The summed E-state index contributed by atoms with van der Waals surface area (Å²) in [4.78, 5) is 16.6. The van der Waals surface area contributed by atoms with Crippen LogP contribution in [-0.2, 0) is 6.61 Å². The zero-order valence-corrected chi connectivity index (χ0v) is 16.4. The van der Waals surface area contributed by atoms with Crippen LogP contribution in [0.1, 0.15) is 34.5 Å². The lowest BCUT2D eigenvalue weighted by Gasteiger charge is -2.23. The third kappa shape index (κ3) is 6.48. The van der Waals surface area contributed by atoms with E-state index < -0.39 is 0 Å². The normalized spacial score (nSPS) is 16.0. The van der Waals surface area contributed by atoms with E-state index in [0.717, 1.165) is 42.9 Å². The molecule has 3 rings (SSSR count). The molecule has 0 radical (unpaired) electrons. The quantitative estimate of drug-likeness (QED) is 0.812. The van der Waals surface area contributed by atoms with Gasteiger partial charge in [-0.1, -0.05) is 12.1 Å². The fourth-order valence-electron chi connectivity index (χ4n) is 2.75. The maximum atomic E-state index is 12.4. The van der Waals surface area contributed by atoms with Crippen LogP contribution in [0.5, 0.6) is 5.75 Å². The number of aromatic nitrogens is 1. The average molecular weight is 398 g/mol. The number of hydrogen-bond acceptors (Lipinski definition) is 4. The first-order valence-corrected chi connectivity index (χ1v) is 8.37. The minimum atomic E-state index is -0.0254. The Labute approximate surface area is 166 Å². The highest BCUT2D eigenvalue weighted by Crippen LogP contribution is 2.13. The minimum absolute atomic E-state index is 0. The first-order valence-electron chi connectivity index (χ1n) is 8.37. The number of amides is 1. The number of rotatable bonds is 5. The fraction of sp³-hybridized carbons (Fsp3) is 0.368. The van der Waals surface area contributed by atoms with Gasteiger partial charge in [-0.15, -0.1) is 24.8 Å². The summed E-state index contributed by atoms with van der Waals surface area (Å²) in [5.41, 5.74) is 2.59. The van der Waals surface area contributed by atoms with E-state index in [1.54, 1.807) is 6.20 Å². The Hall–Kier alpha value is -1.82. The SMILES string of the molecule is Cc1ccc(OCc2cccc(C(=O)NC3CCCNC3)c2)cn1.Cl.Cl. The van der Waals surface area contributed by atoms with E-state index in [0.29, 0.717) is 12.2 Å². The molecular formula is C19H25Cl2N3O2. The summed E-state index contributed by atoms with van der Waals surface area (Å²) in [6.07, 6.45) is 3.84. The molecule has 7 heteroatoms. The molecule has 1 aliphatic heterocycles. The second-order valence-electron chi connectivity index (χ2n) is 6.14. The van der Waals surface area contributed by atoms with Crippen LogP contribution in [0, 0.1) is 6.92 Å². The predicted octanol–water partition coefficient (Wildman–Crippen LogP) is 3.29. The molecule has 142 valence electrons.